The van der Waals surface area contributed by atoms with Gasteiger partial charge in [0.1, 0.15) is 0 Å². The van der Waals surface area contributed by atoms with E-state index < -0.39 is 37.3 Å². The number of benzene rings is 2. The lowest BCUT2D eigenvalue weighted by Crippen LogP contribution is -2.29. The van der Waals surface area contributed by atoms with Crippen molar-refractivity contribution in [3.63, 3.8) is 0 Å². The first kappa shape index (κ1) is 16.4. The molecular formula is C14H9F5O2S. The summed E-state index contributed by atoms with van der Waals surface area (Å²) in [5.74, 6) is 0. The molecule has 0 fully saturated rings. The standard InChI is InChI=1S/C14H9F5O2S/c15-13(16,17)11-8-4-5-9-12(11)14(18,19)22(20,21)10-6-2-1-3-7-10/h1-9H. The minimum atomic E-state index is -5.31. The average Bonchev–Trinajstić information content (AvgIpc) is 2.47. The van der Waals surface area contributed by atoms with Gasteiger partial charge in [0.15, 0.2) is 0 Å². The molecule has 22 heavy (non-hydrogen) atoms. The largest absolute Gasteiger partial charge is 0.416 e. The SMILES string of the molecule is O=S(=O)(c1ccccc1)C(F)(F)c1ccccc1C(F)(F)F. The first-order valence-corrected chi connectivity index (χ1v) is 7.41. The van der Waals surface area contributed by atoms with Gasteiger partial charge in [0.05, 0.1) is 10.5 Å². The van der Waals surface area contributed by atoms with E-state index in [9.17, 15) is 30.4 Å². The Kier molecular flexibility index (Phi) is 3.99. The highest BCUT2D eigenvalue weighted by Crippen LogP contribution is 2.44. The molecule has 0 aliphatic rings. The van der Waals surface area contributed by atoms with Crippen molar-refractivity contribution in [1.29, 1.82) is 0 Å². The third-order valence-electron chi connectivity index (χ3n) is 2.94. The zero-order valence-corrected chi connectivity index (χ0v) is 11.6. The van der Waals surface area contributed by atoms with Gasteiger partial charge in [-0.15, -0.1) is 0 Å². The Morgan fingerprint density at radius 2 is 1.14 bits per heavy atom. The van der Waals surface area contributed by atoms with Gasteiger partial charge in [-0.3, -0.25) is 0 Å². The number of hydrogen-bond donors (Lipinski definition) is 0. The number of halogens is 5. The molecule has 0 saturated carbocycles. The maximum atomic E-state index is 14.3. The van der Waals surface area contributed by atoms with Crippen LogP contribution >= 0.6 is 0 Å². The maximum absolute atomic E-state index is 14.3. The van der Waals surface area contributed by atoms with Crippen LogP contribution in [0.2, 0.25) is 0 Å². The van der Waals surface area contributed by atoms with E-state index in [1.165, 1.54) is 18.2 Å². The van der Waals surface area contributed by atoms with E-state index in [-0.39, 0.29) is 0 Å². The van der Waals surface area contributed by atoms with Gasteiger partial charge in [-0.25, -0.2) is 8.42 Å². The molecule has 0 saturated heterocycles. The highest BCUT2D eigenvalue weighted by molar-refractivity contribution is 7.92. The Balaban J connectivity index is 2.67. The van der Waals surface area contributed by atoms with Crippen molar-refractivity contribution in [2.24, 2.45) is 0 Å². The first-order chi connectivity index (χ1) is 10.1. The summed E-state index contributed by atoms with van der Waals surface area (Å²) in [4.78, 5) is -0.753. The highest BCUT2D eigenvalue weighted by Gasteiger charge is 2.52. The van der Waals surface area contributed by atoms with Gasteiger partial charge in [-0.05, 0) is 18.2 Å². The molecule has 0 heterocycles. The normalized spacial score (nSPS) is 13.1. The highest BCUT2D eigenvalue weighted by atomic mass is 32.2. The van der Waals surface area contributed by atoms with Crippen LogP contribution in [0.4, 0.5) is 22.0 Å². The zero-order chi connectivity index (χ0) is 16.6. The maximum Gasteiger partial charge on any atom is 0.416 e. The molecule has 8 heteroatoms. The predicted octanol–water partition coefficient (Wildman–Crippen LogP) is 4.23. The van der Waals surface area contributed by atoms with Gasteiger partial charge in [0, 0.05) is 5.56 Å². The molecule has 118 valence electrons. The summed E-state index contributed by atoms with van der Waals surface area (Å²) in [6.45, 7) is 0. The van der Waals surface area contributed by atoms with Gasteiger partial charge in [-0.1, -0.05) is 36.4 Å². The summed E-state index contributed by atoms with van der Waals surface area (Å²) in [6, 6.07) is 8.35. The summed E-state index contributed by atoms with van der Waals surface area (Å²) in [5.41, 5.74) is -3.27. The van der Waals surface area contributed by atoms with Crippen LogP contribution in [-0.4, -0.2) is 8.42 Å². The fourth-order valence-electron chi connectivity index (χ4n) is 1.88. The Morgan fingerprint density at radius 1 is 0.682 bits per heavy atom. The van der Waals surface area contributed by atoms with Crippen LogP contribution in [0.1, 0.15) is 11.1 Å². The summed E-state index contributed by atoms with van der Waals surface area (Å²) in [6.07, 6.45) is -5.09. The summed E-state index contributed by atoms with van der Waals surface area (Å²) >= 11 is 0. The quantitative estimate of drug-likeness (QED) is 0.786. The van der Waals surface area contributed by atoms with Gasteiger partial charge in [-0.2, -0.15) is 22.0 Å². The summed E-state index contributed by atoms with van der Waals surface area (Å²) in [5, 5.41) is -4.71. The van der Waals surface area contributed by atoms with Gasteiger partial charge < -0.3 is 0 Å². The second-order valence-electron chi connectivity index (χ2n) is 4.38. The van der Waals surface area contributed by atoms with Crippen molar-refractivity contribution in [1.82, 2.24) is 0 Å². The Morgan fingerprint density at radius 3 is 1.64 bits per heavy atom. The minimum absolute atomic E-state index is 0.420. The van der Waals surface area contributed by atoms with E-state index in [0.717, 1.165) is 24.3 Å². The van der Waals surface area contributed by atoms with Crippen molar-refractivity contribution in [3.05, 3.63) is 65.7 Å². The fraction of sp³-hybridized carbons (Fsp3) is 0.143. The topological polar surface area (TPSA) is 34.1 Å². The predicted molar refractivity (Wildman–Crippen MR) is 69.0 cm³/mol. The molecule has 0 spiro atoms. The van der Waals surface area contributed by atoms with E-state index >= 15 is 0 Å². The molecule has 2 aromatic rings. The average molecular weight is 336 g/mol. The van der Waals surface area contributed by atoms with Crippen LogP contribution in [0.25, 0.3) is 0 Å². The lowest BCUT2D eigenvalue weighted by molar-refractivity contribution is -0.140. The van der Waals surface area contributed by atoms with E-state index in [0.29, 0.717) is 12.1 Å². The van der Waals surface area contributed by atoms with Crippen molar-refractivity contribution < 1.29 is 30.4 Å². The Hall–Kier alpha value is -1.96. The molecule has 0 aliphatic carbocycles. The lowest BCUT2D eigenvalue weighted by Gasteiger charge is -2.21. The van der Waals surface area contributed by atoms with Crippen LogP contribution in [0.3, 0.4) is 0 Å². The van der Waals surface area contributed by atoms with E-state index in [2.05, 4.69) is 0 Å². The van der Waals surface area contributed by atoms with E-state index in [1.807, 2.05) is 0 Å². The summed E-state index contributed by atoms with van der Waals surface area (Å²) < 4.78 is 91.2. The molecule has 0 aromatic heterocycles. The van der Waals surface area contributed by atoms with Crippen molar-refractivity contribution >= 4 is 9.84 Å². The molecule has 0 radical (unpaired) electrons. The molecule has 2 aromatic carbocycles. The lowest BCUT2D eigenvalue weighted by atomic mass is 10.1. The van der Waals surface area contributed by atoms with Gasteiger partial charge in [0.25, 0.3) is 0 Å². The van der Waals surface area contributed by atoms with Crippen LogP contribution in [0.5, 0.6) is 0 Å². The van der Waals surface area contributed by atoms with E-state index in [1.54, 1.807) is 0 Å². The monoisotopic (exact) mass is 336 g/mol. The van der Waals surface area contributed by atoms with Crippen molar-refractivity contribution in [2.45, 2.75) is 16.3 Å². The molecule has 0 aliphatic heterocycles. The second-order valence-corrected chi connectivity index (χ2v) is 6.37. The molecule has 0 atom stereocenters. The fourth-order valence-corrected chi connectivity index (χ4v) is 3.16. The van der Waals surface area contributed by atoms with E-state index in [4.69, 9.17) is 0 Å². The molecule has 0 unspecified atom stereocenters. The van der Waals surface area contributed by atoms with Crippen LogP contribution in [0.15, 0.2) is 59.5 Å². The molecule has 0 amide bonds. The van der Waals surface area contributed by atoms with Gasteiger partial charge in [0.2, 0.25) is 9.84 Å². The number of alkyl halides is 5. The van der Waals surface area contributed by atoms with Crippen molar-refractivity contribution in [3.8, 4) is 0 Å². The van der Waals surface area contributed by atoms with Crippen LogP contribution in [0, 0.1) is 0 Å². The molecule has 0 bridgehead atoms. The van der Waals surface area contributed by atoms with Crippen LogP contribution in [-0.2, 0) is 21.3 Å². The first-order valence-electron chi connectivity index (χ1n) is 5.92. The minimum Gasteiger partial charge on any atom is -0.217 e. The molecule has 2 rings (SSSR count). The molecular weight excluding hydrogens is 327 g/mol. The van der Waals surface area contributed by atoms with Crippen LogP contribution < -0.4 is 0 Å². The zero-order valence-electron chi connectivity index (χ0n) is 10.8. The Bertz CT molecular complexity index is 767. The smallest absolute Gasteiger partial charge is 0.217 e. The third-order valence-corrected chi connectivity index (χ3v) is 4.72. The number of rotatable bonds is 3. The Labute approximate surface area is 123 Å². The summed E-state index contributed by atoms with van der Waals surface area (Å²) in [7, 11) is -5.31. The molecule has 2 nitrogen and oxygen atoms in total. The van der Waals surface area contributed by atoms with Gasteiger partial charge >= 0.3 is 11.4 Å². The third kappa shape index (κ3) is 2.70. The van der Waals surface area contributed by atoms with Crippen molar-refractivity contribution in [2.75, 3.05) is 0 Å². The second kappa shape index (κ2) is 5.35. The number of sulfone groups is 1. The molecule has 0 N–H and O–H groups in total. The number of hydrogen-bond acceptors (Lipinski definition) is 2.